The number of nitrogens with one attached hydrogen (secondary N) is 2. The number of carboxylic acids is 1. The monoisotopic (exact) mass is 354 g/mol. The van der Waals surface area contributed by atoms with E-state index in [0.29, 0.717) is 5.02 Å². The summed E-state index contributed by atoms with van der Waals surface area (Å²) >= 11 is 7.39. The van der Waals surface area contributed by atoms with Crippen LogP contribution in [0.25, 0.3) is 10.1 Å². The van der Waals surface area contributed by atoms with Crippen molar-refractivity contribution in [3.05, 3.63) is 34.2 Å². The summed E-state index contributed by atoms with van der Waals surface area (Å²) in [4.78, 5) is 35.1. The fourth-order valence-corrected chi connectivity index (χ4v) is 3.28. The predicted octanol–water partition coefficient (Wildman–Crippen LogP) is 2.82. The van der Waals surface area contributed by atoms with Gasteiger partial charge in [0.2, 0.25) is 5.91 Å². The zero-order chi connectivity index (χ0) is 17.2. The van der Waals surface area contributed by atoms with Gasteiger partial charge in [-0.15, -0.1) is 11.3 Å². The first kappa shape index (κ1) is 17.2. The molecule has 122 valence electrons. The summed E-state index contributed by atoms with van der Waals surface area (Å²) in [6.07, 6.45) is -0.261. The molecule has 2 amide bonds. The lowest BCUT2D eigenvalue weighted by Crippen LogP contribution is -2.43. The Balaban J connectivity index is 2.03. The minimum Gasteiger partial charge on any atom is -0.481 e. The summed E-state index contributed by atoms with van der Waals surface area (Å²) in [6.45, 7) is 2.86. The minimum atomic E-state index is -1.22. The molecule has 23 heavy (non-hydrogen) atoms. The van der Waals surface area contributed by atoms with E-state index < -0.39 is 23.2 Å². The first-order valence-corrected chi connectivity index (χ1v) is 7.91. The van der Waals surface area contributed by atoms with Crippen LogP contribution in [0, 0.1) is 5.41 Å². The van der Waals surface area contributed by atoms with E-state index >= 15 is 0 Å². The number of carbonyl (C=O) groups is 3. The van der Waals surface area contributed by atoms with Crippen LogP contribution < -0.4 is 10.9 Å². The lowest BCUT2D eigenvalue weighted by atomic mass is 9.89. The van der Waals surface area contributed by atoms with Crippen LogP contribution in [0.1, 0.15) is 29.9 Å². The second-order valence-electron chi connectivity index (χ2n) is 5.61. The Hall–Kier alpha value is -2.12. The number of aliphatic carboxylic acids is 1. The lowest BCUT2D eigenvalue weighted by molar-refractivity contribution is -0.149. The SMILES string of the molecule is CC(C)(CC(=O)NNC(=O)c1sc2ccccc2c1Cl)C(=O)O. The number of carboxylic acid groups (broad SMARTS) is 1. The molecule has 0 fully saturated rings. The third kappa shape index (κ3) is 3.80. The van der Waals surface area contributed by atoms with Crippen molar-refractivity contribution in [2.45, 2.75) is 20.3 Å². The van der Waals surface area contributed by atoms with Crippen molar-refractivity contribution in [3.63, 3.8) is 0 Å². The Labute approximate surface area is 141 Å². The van der Waals surface area contributed by atoms with E-state index in [1.807, 2.05) is 18.2 Å². The summed E-state index contributed by atoms with van der Waals surface area (Å²) in [6, 6.07) is 7.31. The van der Waals surface area contributed by atoms with Crippen LogP contribution in [0.2, 0.25) is 5.02 Å². The van der Waals surface area contributed by atoms with Gasteiger partial charge in [-0.3, -0.25) is 25.2 Å². The van der Waals surface area contributed by atoms with E-state index in [9.17, 15) is 14.4 Å². The van der Waals surface area contributed by atoms with Crippen molar-refractivity contribution in [2.75, 3.05) is 0 Å². The fourth-order valence-electron chi connectivity index (χ4n) is 1.86. The fraction of sp³-hybridized carbons (Fsp3) is 0.267. The van der Waals surface area contributed by atoms with E-state index in [-0.39, 0.29) is 11.3 Å². The van der Waals surface area contributed by atoms with Gasteiger partial charge in [0.25, 0.3) is 5.91 Å². The molecule has 0 unspecified atom stereocenters. The number of hydrogen-bond donors (Lipinski definition) is 3. The lowest BCUT2D eigenvalue weighted by Gasteiger charge is -2.18. The number of halogens is 1. The summed E-state index contributed by atoms with van der Waals surface area (Å²) in [5.41, 5.74) is 3.25. The van der Waals surface area contributed by atoms with Gasteiger partial charge in [-0.05, 0) is 19.9 Å². The highest BCUT2D eigenvalue weighted by molar-refractivity contribution is 7.21. The molecule has 0 aliphatic rings. The predicted molar refractivity (Wildman–Crippen MR) is 88.5 cm³/mol. The molecule has 0 atom stereocenters. The van der Waals surface area contributed by atoms with Gasteiger partial charge in [0, 0.05) is 16.5 Å². The van der Waals surface area contributed by atoms with Gasteiger partial charge in [-0.1, -0.05) is 29.8 Å². The molecule has 0 aliphatic heterocycles. The zero-order valence-corrected chi connectivity index (χ0v) is 14.0. The third-order valence-corrected chi connectivity index (χ3v) is 4.91. The van der Waals surface area contributed by atoms with Crippen LogP contribution in [0.3, 0.4) is 0 Å². The van der Waals surface area contributed by atoms with Gasteiger partial charge in [-0.2, -0.15) is 0 Å². The van der Waals surface area contributed by atoms with E-state index in [0.717, 1.165) is 10.1 Å². The molecular formula is C15H15ClN2O4S. The van der Waals surface area contributed by atoms with Crippen LogP contribution in [0.15, 0.2) is 24.3 Å². The Bertz CT molecular complexity index is 785. The Morgan fingerprint density at radius 3 is 2.48 bits per heavy atom. The third-order valence-electron chi connectivity index (χ3n) is 3.24. The maximum Gasteiger partial charge on any atom is 0.309 e. The highest BCUT2D eigenvalue weighted by atomic mass is 35.5. The number of rotatable bonds is 4. The maximum absolute atomic E-state index is 12.1. The molecule has 3 N–H and O–H groups in total. The molecule has 0 aliphatic carbocycles. The maximum atomic E-state index is 12.1. The smallest absolute Gasteiger partial charge is 0.309 e. The van der Waals surface area contributed by atoms with Gasteiger partial charge in [0.05, 0.1) is 10.4 Å². The molecule has 6 nitrogen and oxygen atoms in total. The number of carbonyl (C=O) groups excluding carboxylic acids is 2. The molecule has 8 heteroatoms. The highest BCUT2D eigenvalue weighted by Crippen LogP contribution is 2.34. The first-order valence-electron chi connectivity index (χ1n) is 6.72. The van der Waals surface area contributed by atoms with E-state index in [1.54, 1.807) is 6.07 Å². The molecule has 0 saturated carbocycles. The number of thiophene rings is 1. The van der Waals surface area contributed by atoms with Crippen molar-refractivity contribution in [2.24, 2.45) is 5.41 Å². The van der Waals surface area contributed by atoms with Gasteiger partial charge in [0.15, 0.2) is 0 Å². The molecular weight excluding hydrogens is 340 g/mol. The van der Waals surface area contributed by atoms with Crippen LogP contribution in [-0.4, -0.2) is 22.9 Å². The van der Waals surface area contributed by atoms with Crippen LogP contribution in [-0.2, 0) is 9.59 Å². The van der Waals surface area contributed by atoms with E-state index in [2.05, 4.69) is 10.9 Å². The molecule has 2 rings (SSSR count). The van der Waals surface area contributed by atoms with E-state index in [1.165, 1.54) is 25.2 Å². The average Bonchev–Trinajstić information content (AvgIpc) is 2.82. The van der Waals surface area contributed by atoms with Crippen molar-refractivity contribution in [1.29, 1.82) is 0 Å². The summed E-state index contributed by atoms with van der Waals surface area (Å²) in [7, 11) is 0. The standard InChI is InChI=1S/C15H15ClN2O4S/c1-15(2,14(21)22)7-10(19)17-18-13(20)12-11(16)8-5-3-4-6-9(8)23-12/h3-6H,7H2,1-2H3,(H,17,19)(H,18,20)(H,21,22). The second-order valence-corrected chi connectivity index (χ2v) is 7.04. The normalized spacial score (nSPS) is 11.3. The molecule has 0 spiro atoms. The molecule has 1 aromatic carbocycles. The second kappa shape index (κ2) is 6.55. The topological polar surface area (TPSA) is 95.5 Å². The number of benzene rings is 1. The van der Waals surface area contributed by atoms with Gasteiger partial charge >= 0.3 is 5.97 Å². The van der Waals surface area contributed by atoms with E-state index in [4.69, 9.17) is 16.7 Å². The first-order chi connectivity index (χ1) is 10.7. The molecule has 0 bridgehead atoms. The van der Waals surface area contributed by atoms with Gasteiger partial charge in [-0.25, -0.2) is 0 Å². The average molecular weight is 355 g/mol. The number of amides is 2. The van der Waals surface area contributed by atoms with Gasteiger partial charge < -0.3 is 5.11 Å². The van der Waals surface area contributed by atoms with Crippen molar-refractivity contribution >= 4 is 50.8 Å². The molecule has 0 saturated heterocycles. The number of hydrazine groups is 1. The van der Waals surface area contributed by atoms with Crippen LogP contribution in [0.4, 0.5) is 0 Å². The zero-order valence-electron chi connectivity index (χ0n) is 12.5. The molecule has 1 aromatic heterocycles. The van der Waals surface area contributed by atoms with Gasteiger partial charge in [0.1, 0.15) is 4.88 Å². The highest BCUT2D eigenvalue weighted by Gasteiger charge is 2.30. The summed E-state index contributed by atoms with van der Waals surface area (Å²) in [5.74, 6) is -2.23. The van der Waals surface area contributed by atoms with Crippen molar-refractivity contribution < 1.29 is 19.5 Å². The Morgan fingerprint density at radius 2 is 1.87 bits per heavy atom. The quantitative estimate of drug-likeness (QED) is 0.736. The Kier molecular flexibility index (Phi) is 4.91. The van der Waals surface area contributed by atoms with Crippen molar-refractivity contribution in [3.8, 4) is 0 Å². The van der Waals surface area contributed by atoms with Crippen LogP contribution in [0.5, 0.6) is 0 Å². The summed E-state index contributed by atoms with van der Waals surface area (Å²) in [5, 5.41) is 10.1. The van der Waals surface area contributed by atoms with Crippen LogP contribution >= 0.6 is 22.9 Å². The Morgan fingerprint density at radius 1 is 1.22 bits per heavy atom. The largest absolute Gasteiger partial charge is 0.481 e. The van der Waals surface area contributed by atoms with Crippen molar-refractivity contribution in [1.82, 2.24) is 10.9 Å². The molecule has 0 radical (unpaired) electrons. The minimum absolute atomic E-state index is 0.261. The number of hydrogen-bond acceptors (Lipinski definition) is 4. The molecule has 1 heterocycles. The summed E-state index contributed by atoms with van der Waals surface area (Å²) < 4.78 is 0.862. The number of fused-ring (bicyclic) bond motifs is 1. The molecule has 2 aromatic rings.